The Morgan fingerprint density at radius 3 is 2.61 bits per heavy atom. The van der Waals surface area contributed by atoms with E-state index >= 15 is 0 Å². The maximum absolute atomic E-state index is 13.1. The van der Waals surface area contributed by atoms with E-state index in [0.29, 0.717) is 24.5 Å². The van der Waals surface area contributed by atoms with Crippen LogP contribution in [0.25, 0.3) is 0 Å². The smallest absolute Gasteiger partial charge is 0.241 e. The Morgan fingerprint density at radius 1 is 1.15 bits per heavy atom. The minimum Gasteiger partial charge on any atom is -0.493 e. The standard InChI is InChI=1S/C24H38N6O3/c1-5-7-18-21-22(29(4)27-18)24(32)26-23(25-21)17-14-16(8-9-20(17)33-6-2)19(31)15-30-12-10-28(3)11-13-30/h8-9,14,18,21-23,25,27H,5-7,10-13,15H2,1-4H3,(H,26,32). The van der Waals surface area contributed by atoms with Gasteiger partial charge in [-0.05, 0) is 38.6 Å². The van der Waals surface area contributed by atoms with Crippen LogP contribution in [0, 0.1) is 0 Å². The lowest BCUT2D eigenvalue weighted by atomic mass is 9.94. The zero-order chi connectivity index (χ0) is 23.5. The highest BCUT2D eigenvalue weighted by Crippen LogP contribution is 2.31. The third kappa shape index (κ3) is 5.22. The van der Waals surface area contributed by atoms with Crippen molar-refractivity contribution in [3.63, 3.8) is 0 Å². The van der Waals surface area contributed by atoms with Gasteiger partial charge in [0, 0.05) is 50.4 Å². The predicted molar refractivity (Wildman–Crippen MR) is 127 cm³/mol. The summed E-state index contributed by atoms with van der Waals surface area (Å²) in [6.45, 7) is 8.75. The van der Waals surface area contributed by atoms with Gasteiger partial charge in [-0.25, -0.2) is 10.4 Å². The number of benzene rings is 1. The molecule has 1 amide bonds. The van der Waals surface area contributed by atoms with Crippen LogP contribution in [-0.2, 0) is 4.79 Å². The summed E-state index contributed by atoms with van der Waals surface area (Å²) in [4.78, 5) is 30.6. The lowest BCUT2D eigenvalue weighted by molar-refractivity contribution is -0.129. The number of likely N-dealkylation sites (N-methyl/N-ethyl adjacent to an activating group) is 2. The number of nitrogens with one attached hydrogen (secondary N) is 3. The van der Waals surface area contributed by atoms with Gasteiger partial charge in [0.15, 0.2) is 5.78 Å². The molecule has 3 heterocycles. The number of Topliss-reactive ketones (excluding diaryl/α,β-unsaturated/α-hetero) is 1. The normalized spacial score (nSPS) is 29.0. The van der Waals surface area contributed by atoms with Gasteiger partial charge in [-0.15, -0.1) is 0 Å². The van der Waals surface area contributed by atoms with Crippen molar-refractivity contribution in [2.75, 3.05) is 53.4 Å². The summed E-state index contributed by atoms with van der Waals surface area (Å²) in [5, 5.41) is 8.65. The van der Waals surface area contributed by atoms with Crippen LogP contribution in [0.1, 0.15) is 48.8 Å². The molecular formula is C24H38N6O3. The molecule has 0 spiro atoms. The molecule has 4 atom stereocenters. The summed E-state index contributed by atoms with van der Waals surface area (Å²) in [6.07, 6.45) is 1.59. The van der Waals surface area contributed by atoms with Gasteiger partial charge < -0.3 is 15.0 Å². The van der Waals surface area contributed by atoms with Gasteiger partial charge in [0.05, 0.1) is 19.2 Å². The molecular weight excluding hydrogens is 420 g/mol. The lowest BCUT2D eigenvalue weighted by Gasteiger charge is -2.37. The monoisotopic (exact) mass is 458 g/mol. The molecule has 0 bridgehead atoms. The number of hydrogen-bond donors (Lipinski definition) is 3. The molecule has 4 rings (SSSR count). The Morgan fingerprint density at radius 2 is 1.91 bits per heavy atom. The van der Waals surface area contributed by atoms with Crippen LogP contribution >= 0.6 is 0 Å². The summed E-state index contributed by atoms with van der Waals surface area (Å²) in [6, 6.07) is 5.48. The average molecular weight is 459 g/mol. The fourth-order valence-electron chi connectivity index (χ4n) is 5.15. The molecule has 3 aliphatic heterocycles. The molecule has 33 heavy (non-hydrogen) atoms. The van der Waals surface area contributed by atoms with Gasteiger partial charge in [-0.2, -0.15) is 0 Å². The van der Waals surface area contributed by atoms with E-state index in [0.717, 1.165) is 44.6 Å². The first-order valence-corrected chi connectivity index (χ1v) is 12.2. The number of fused-ring (bicyclic) bond motifs is 1. The highest BCUT2D eigenvalue weighted by molar-refractivity contribution is 5.98. The minimum absolute atomic E-state index is 0.0195. The molecule has 9 nitrogen and oxygen atoms in total. The van der Waals surface area contributed by atoms with E-state index in [2.05, 4.69) is 39.8 Å². The Bertz CT molecular complexity index is 857. The molecule has 3 saturated heterocycles. The summed E-state index contributed by atoms with van der Waals surface area (Å²) >= 11 is 0. The van der Waals surface area contributed by atoms with E-state index in [1.165, 1.54) is 0 Å². The highest BCUT2D eigenvalue weighted by atomic mass is 16.5. The Labute approximate surface area is 196 Å². The number of nitrogens with zero attached hydrogens (tertiary/aromatic N) is 3. The number of rotatable bonds is 8. The van der Waals surface area contributed by atoms with Crippen LogP contribution in [-0.4, -0.2) is 98.1 Å². The van der Waals surface area contributed by atoms with Crippen molar-refractivity contribution in [2.24, 2.45) is 0 Å². The molecule has 182 valence electrons. The van der Waals surface area contributed by atoms with Crippen molar-refractivity contribution in [3.8, 4) is 5.75 Å². The van der Waals surface area contributed by atoms with E-state index < -0.39 is 6.17 Å². The second-order valence-electron chi connectivity index (χ2n) is 9.40. The van der Waals surface area contributed by atoms with Gasteiger partial charge in [0.1, 0.15) is 18.0 Å². The van der Waals surface area contributed by atoms with Crippen molar-refractivity contribution < 1.29 is 14.3 Å². The molecule has 4 unspecified atom stereocenters. The first-order valence-electron chi connectivity index (χ1n) is 12.2. The summed E-state index contributed by atoms with van der Waals surface area (Å²) in [7, 11) is 4.02. The van der Waals surface area contributed by atoms with Crippen molar-refractivity contribution in [2.45, 2.75) is 51.0 Å². The molecule has 3 fully saturated rings. The zero-order valence-corrected chi connectivity index (χ0v) is 20.3. The maximum atomic E-state index is 13.1. The van der Waals surface area contributed by atoms with E-state index in [1.54, 1.807) is 0 Å². The quantitative estimate of drug-likeness (QED) is 0.488. The van der Waals surface area contributed by atoms with Crippen LogP contribution in [0.3, 0.4) is 0 Å². The Balaban J connectivity index is 1.55. The fraction of sp³-hybridized carbons (Fsp3) is 0.667. The van der Waals surface area contributed by atoms with Gasteiger partial charge in [-0.3, -0.25) is 19.8 Å². The first-order chi connectivity index (χ1) is 15.9. The average Bonchev–Trinajstić information content (AvgIpc) is 3.11. The number of ketones is 1. The van der Waals surface area contributed by atoms with E-state index in [1.807, 2.05) is 37.2 Å². The number of amides is 1. The second kappa shape index (κ2) is 10.5. The number of hydrazine groups is 1. The van der Waals surface area contributed by atoms with Crippen LogP contribution in [0.5, 0.6) is 5.75 Å². The van der Waals surface area contributed by atoms with Crippen molar-refractivity contribution in [3.05, 3.63) is 29.3 Å². The molecule has 1 aromatic rings. The van der Waals surface area contributed by atoms with Crippen molar-refractivity contribution >= 4 is 11.7 Å². The topological polar surface area (TPSA) is 89.2 Å². The molecule has 9 heteroatoms. The SMILES string of the molecule is CCCC1NN(C)C2C(=O)NC(c3cc(C(=O)CN4CCN(C)CC4)ccc3OCC)NC12. The van der Waals surface area contributed by atoms with E-state index in [-0.39, 0.29) is 29.8 Å². The fourth-order valence-corrected chi connectivity index (χ4v) is 5.15. The van der Waals surface area contributed by atoms with E-state index in [4.69, 9.17) is 4.74 Å². The number of piperazine rings is 1. The molecule has 0 aliphatic carbocycles. The van der Waals surface area contributed by atoms with Crippen LogP contribution in [0.15, 0.2) is 18.2 Å². The largest absolute Gasteiger partial charge is 0.493 e. The summed E-state index contributed by atoms with van der Waals surface area (Å²) in [5.74, 6) is 0.764. The van der Waals surface area contributed by atoms with E-state index in [9.17, 15) is 9.59 Å². The van der Waals surface area contributed by atoms with Crippen molar-refractivity contribution in [1.29, 1.82) is 0 Å². The molecule has 1 aromatic carbocycles. The summed E-state index contributed by atoms with van der Waals surface area (Å²) in [5.41, 5.74) is 4.89. The highest BCUT2D eigenvalue weighted by Gasteiger charge is 2.48. The predicted octanol–water partition coefficient (Wildman–Crippen LogP) is 0.589. The van der Waals surface area contributed by atoms with Gasteiger partial charge in [0.25, 0.3) is 0 Å². The first kappa shape index (κ1) is 24.1. The van der Waals surface area contributed by atoms with Crippen molar-refractivity contribution in [1.82, 2.24) is 30.9 Å². The summed E-state index contributed by atoms with van der Waals surface area (Å²) < 4.78 is 5.88. The lowest BCUT2D eigenvalue weighted by Crippen LogP contribution is -2.62. The van der Waals surface area contributed by atoms with Crippen LogP contribution < -0.4 is 20.8 Å². The Kier molecular flexibility index (Phi) is 7.65. The minimum atomic E-state index is -0.413. The molecule has 3 aliphatic rings. The molecule has 3 N–H and O–H groups in total. The second-order valence-corrected chi connectivity index (χ2v) is 9.40. The number of carbonyl (C=O) groups is 2. The number of ether oxygens (including phenoxy) is 1. The van der Waals surface area contributed by atoms with Crippen LogP contribution in [0.4, 0.5) is 0 Å². The molecule has 0 radical (unpaired) electrons. The molecule has 0 saturated carbocycles. The third-order valence-electron chi connectivity index (χ3n) is 6.98. The Hall–Kier alpha value is -2.04. The third-order valence-corrected chi connectivity index (χ3v) is 6.98. The van der Waals surface area contributed by atoms with Gasteiger partial charge >= 0.3 is 0 Å². The van der Waals surface area contributed by atoms with Crippen LogP contribution in [0.2, 0.25) is 0 Å². The maximum Gasteiger partial charge on any atom is 0.241 e. The molecule has 0 aromatic heterocycles. The number of hydrogen-bond acceptors (Lipinski definition) is 8. The number of carbonyl (C=O) groups excluding carboxylic acids is 2. The van der Waals surface area contributed by atoms with Gasteiger partial charge in [-0.1, -0.05) is 13.3 Å². The van der Waals surface area contributed by atoms with Gasteiger partial charge in [0.2, 0.25) is 5.91 Å². The zero-order valence-electron chi connectivity index (χ0n) is 20.3.